The van der Waals surface area contributed by atoms with E-state index < -0.39 is 0 Å². The molecule has 59 heavy (non-hydrogen) atoms. The van der Waals surface area contributed by atoms with Gasteiger partial charge in [0.15, 0.2) is 0 Å². The smallest absolute Gasteiger partial charge is 0.143 e. The predicted octanol–water partition coefficient (Wildman–Crippen LogP) is 16.2. The molecule has 0 aliphatic heterocycles. The Balaban J connectivity index is 1.02. The standard InChI is InChI=1S/C57H39NO/c1-57(2)52-23-10-9-20-46(52)47-31-30-41(34-53(47)57)58(54-24-12-16-37-14-4-6-18-44(37)54)40-28-25-38(26-29-40)49-35-51-50-33-39(43-22-11-15-36-13-3-5-17-42(36)43)27-32-55(50)59-56(51)48-21-8-7-19-45(48)49/h3-35H,1-2H3. The summed E-state index contributed by atoms with van der Waals surface area (Å²) in [7, 11) is 0. The Morgan fingerprint density at radius 1 is 0.373 bits per heavy atom. The van der Waals surface area contributed by atoms with Gasteiger partial charge in [-0.1, -0.05) is 166 Å². The second kappa shape index (κ2) is 12.8. The SMILES string of the molecule is CC1(C)c2ccccc2-c2ccc(N(c3ccc(-c4cc5c6cc(-c7cccc8ccccc78)ccc6oc5c5ccccc45)cc3)c3cccc4ccccc34)cc21. The van der Waals surface area contributed by atoms with Crippen LogP contribution in [0.5, 0.6) is 0 Å². The van der Waals surface area contributed by atoms with E-state index in [1.807, 2.05) is 0 Å². The number of fused-ring (bicyclic) bond motifs is 10. The van der Waals surface area contributed by atoms with Crippen molar-refractivity contribution >= 4 is 71.3 Å². The number of benzene rings is 10. The van der Waals surface area contributed by atoms with Crippen molar-refractivity contribution in [2.45, 2.75) is 19.3 Å². The van der Waals surface area contributed by atoms with Gasteiger partial charge in [-0.05, 0) is 115 Å². The van der Waals surface area contributed by atoms with E-state index in [2.05, 4.69) is 219 Å². The van der Waals surface area contributed by atoms with Gasteiger partial charge in [0.05, 0.1) is 5.69 Å². The van der Waals surface area contributed by atoms with E-state index in [4.69, 9.17) is 4.42 Å². The van der Waals surface area contributed by atoms with Gasteiger partial charge in [-0.15, -0.1) is 0 Å². The second-order valence-electron chi connectivity index (χ2n) is 16.5. The Hall–Kier alpha value is -7.42. The third-order valence-electron chi connectivity index (χ3n) is 12.8. The first-order chi connectivity index (χ1) is 29.0. The normalized spacial score (nSPS) is 13.1. The van der Waals surface area contributed by atoms with Crippen LogP contribution in [0.3, 0.4) is 0 Å². The number of rotatable bonds is 5. The van der Waals surface area contributed by atoms with Crippen LogP contribution in [0.4, 0.5) is 17.1 Å². The number of hydrogen-bond donors (Lipinski definition) is 0. The second-order valence-corrected chi connectivity index (χ2v) is 16.5. The molecule has 2 nitrogen and oxygen atoms in total. The summed E-state index contributed by atoms with van der Waals surface area (Å²) in [4.78, 5) is 2.44. The van der Waals surface area contributed by atoms with Crippen molar-refractivity contribution in [1.29, 1.82) is 0 Å². The van der Waals surface area contributed by atoms with Gasteiger partial charge >= 0.3 is 0 Å². The van der Waals surface area contributed by atoms with E-state index in [1.54, 1.807) is 0 Å². The van der Waals surface area contributed by atoms with Crippen molar-refractivity contribution in [2.75, 3.05) is 4.90 Å². The first-order valence-corrected chi connectivity index (χ1v) is 20.5. The molecule has 0 saturated heterocycles. The molecule has 12 rings (SSSR count). The zero-order valence-corrected chi connectivity index (χ0v) is 32.9. The molecule has 1 aliphatic rings. The fraction of sp³-hybridized carbons (Fsp3) is 0.0526. The Kier molecular flexibility index (Phi) is 7.31. The van der Waals surface area contributed by atoms with Crippen molar-refractivity contribution in [2.24, 2.45) is 0 Å². The first-order valence-electron chi connectivity index (χ1n) is 20.5. The topological polar surface area (TPSA) is 16.4 Å². The average molecular weight is 754 g/mol. The van der Waals surface area contributed by atoms with E-state index in [9.17, 15) is 0 Å². The molecule has 2 heteroatoms. The highest BCUT2D eigenvalue weighted by atomic mass is 16.3. The minimum Gasteiger partial charge on any atom is -0.455 e. The maximum absolute atomic E-state index is 6.68. The fourth-order valence-corrected chi connectivity index (χ4v) is 9.93. The summed E-state index contributed by atoms with van der Waals surface area (Å²) in [5.74, 6) is 0. The molecule has 1 aliphatic carbocycles. The van der Waals surface area contributed by atoms with Crippen LogP contribution in [-0.4, -0.2) is 0 Å². The molecule has 0 saturated carbocycles. The minimum absolute atomic E-state index is 0.108. The van der Waals surface area contributed by atoms with Gasteiger partial charge in [-0.2, -0.15) is 0 Å². The van der Waals surface area contributed by atoms with Crippen LogP contribution in [0.25, 0.3) is 87.6 Å². The van der Waals surface area contributed by atoms with Gasteiger partial charge in [-0.25, -0.2) is 0 Å². The molecular formula is C57H39NO. The fourth-order valence-electron chi connectivity index (χ4n) is 9.93. The highest BCUT2D eigenvalue weighted by molar-refractivity contribution is 6.20. The molecule has 1 heterocycles. The molecule has 278 valence electrons. The molecular weight excluding hydrogens is 715 g/mol. The van der Waals surface area contributed by atoms with Crippen LogP contribution in [0.15, 0.2) is 205 Å². The maximum Gasteiger partial charge on any atom is 0.143 e. The van der Waals surface area contributed by atoms with Crippen molar-refractivity contribution in [3.63, 3.8) is 0 Å². The van der Waals surface area contributed by atoms with E-state index in [1.165, 1.54) is 65.9 Å². The van der Waals surface area contributed by atoms with Crippen molar-refractivity contribution in [3.05, 3.63) is 211 Å². The number of anilines is 3. The van der Waals surface area contributed by atoms with Gasteiger partial charge < -0.3 is 9.32 Å². The van der Waals surface area contributed by atoms with Gasteiger partial charge in [0.1, 0.15) is 11.2 Å². The largest absolute Gasteiger partial charge is 0.455 e. The predicted molar refractivity (Wildman–Crippen MR) is 249 cm³/mol. The number of hydrogen-bond acceptors (Lipinski definition) is 2. The molecule has 11 aromatic rings. The van der Waals surface area contributed by atoms with Gasteiger partial charge in [-0.3, -0.25) is 0 Å². The summed E-state index contributed by atoms with van der Waals surface area (Å²) in [6.45, 7) is 4.71. The zero-order valence-electron chi connectivity index (χ0n) is 32.9. The summed E-state index contributed by atoms with van der Waals surface area (Å²) in [6, 6.07) is 73.2. The van der Waals surface area contributed by atoms with Crippen LogP contribution < -0.4 is 4.90 Å². The van der Waals surface area contributed by atoms with Crippen LogP contribution in [0.1, 0.15) is 25.0 Å². The average Bonchev–Trinajstić information content (AvgIpc) is 3.77. The molecule has 0 bridgehead atoms. The Labute approximate surface area is 343 Å². The van der Waals surface area contributed by atoms with Gasteiger partial charge in [0, 0.05) is 38.3 Å². The maximum atomic E-state index is 6.68. The summed E-state index contributed by atoms with van der Waals surface area (Å²) in [5, 5.41) is 9.46. The van der Waals surface area contributed by atoms with Gasteiger partial charge in [0.2, 0.25) is 0 Å². The van der Waals surface area contributed by atoms with E-state index in [0.29, 0.717) is 0 Å². The summed E-state index contributed by atoms with van der Waals surface area (Å²) in [6.07, 6.45) is 0. The molecule has 0 atom stereocenters. The van der Waals surface area contributed by atoms with Crippen molar-refractivity contribution < 1.29 is 4.42 Å². The highest BCUT2D eigenvalue weighted by Gasteiger charge is 2.35. The monoisotopic (exact) mass is 753 g/mol. The molecule has 0 radical (unpaired) electrons. The van der Waals surface area contributed by atoms with Crippen LogP contribution in [0, 0.1) is 0 Å². The quantitative estimate of drug-likeness (QED) is 0.174. The lowest BCUT2D eigenvalue weighted by molar-refractivity contribution is 0.660. The Morgan fingerprint density at radius 3 is 1.81 bits per heavy atom. The molecule has 0 fully saturated rings. The summed E-state index contributed by atoms with van der Waals surface area (Å²) in [5.41, 5.74) is 15.3. The molecule has 0 amide bonds. The first kappa shape index (κ1) is 33.7. The Bertz CT molecular complexity index is 3470. The number of nitrogens with zero attached hydrogens (tertiary/aromatic N) is 1. The zero-order chi connectivity index (χ0) is 39.2. The summed E-state index contributed by atoms with van der Waals surface area (Å²) < 4.78 is 6.68. The minimum atomic E-state index is -0.108. The highest BCUT2D eigenvalue weighted by Crippen LogP contribution is 2.51. The van der Waals surface area contributed by atoms with Crippen molar-refractivity contribution in [1.82, 2.24) is 0 Å². The third kappa shape index (κ3) is 5.13. The lowest BCUT2D eigenvalue weighted by Crippen LogP contribution is -2.16. The van der Waals surface area contributed by atoms with Crippen LogP contribution in [-0.2, 0) is 5.41 Å². The molecule has 0 spiro atoms. The molecule has 1 aromatic heterocycles. The van der Waals surface area contributed by atoms with E-state index in [-0.39, 0.29) is 5.41 Å². The van der Waals surface area contributed by atoms with Crippen molar-refractivity contribution in [3.8, 4) is 33.4 Å². The number of furan rings is 1. The van der Waals surface area contributed by atoms with Crippen LogP contribution in [0.2, 0.25) is 0 Å². The molecule has 0 N–H and O–H groups in total. The van der Waals surface area contributed by atoms with E-state index >= 15 is 0 Å². The Morgan fingerprint density at radius 2 is 0.983 bits per heavy atom. The third-order valence-corrected chi connectivity index (χ3v) is 12.8. The van der Waals surface area contributed by atoms with E-state index in [0.717, 1.165) is 50.0 Å². The molecule has 0 unspecified atom stereocenters. The van der Waals surface area contributed by atoms with Gasteiger partial charge in [0.25, 0.3) is 0 Å². The lowest BCUT2D eigenvalue weighted by atomic mass is 9.82. The summed E-state index contributed by atoms with van der Waals surface area (Å²) >= 11 is 0. The molecule has 10 aromatic carbocycles. The lowest BCUT2D eigenvalue weighted by Gasteiger charge is -2.29. The van der Waals surface area contributed by atoms with Crippen LogP contribution >= 0.6 is 0 Å².